The van der Waals surface area contributed by atoms with Gasteiger partial charge in [0.1, 0.15) is 0 Å². The van der Waals surface area contributed by atoms with Crippen molar-refractivity contribution in [2.75, 3.05) is 0 Å². The summed E-state index contributed by atoms with van der Waals surface area (Å²) < 4.78 is 58.2. The largest absolute Gasteiger partial charge is 3.00 e. The molecule has 0 aliphatic heterocycles. The second-order valence-electron chi connectivity index (χ2n) is 0.625. The molecule has 0 rings (SSSR count). The van der Waals surface area contributed by atoms with Crippen molar-refractivity contribution in [2.24, 2.45) is 0 Å². The van der Waals surface area contributed by atoms with Crippen LogP contribution in [0.4, 0.5) is 0 Å². The standard InChI is InChI=1S/Al.H2O4S.HO3S/c;1-5(2,3)4;1-4(2)3/h;(H2,1,2,3,4);(H,1,2,3)/q+3;;-1/p-2. The minimum atomic E-state index is -5.17. The Bertz CT molecular complexity index is 192. The van der Waals surface area contributed by atoms with E-state index in [0.29, 0.717) is 0 Å². The summed E-state index contributed by atoms with van der Waals surface area (Å²) in [5, 5.41) is 0. The molecule has 0 aromatic rings. The Labute approximate surface area is 69.5 Å². The van der Waals surface area contributed by atoms with Crippen molar-refractivity contribution < 1.29 is 30.5 Å². The maximum atomic E-state index is 8.56. The quantitative estimate of drug-likeness (QED) is 0.159. The summed E-state index contributed by atoms with van der Waals surface area (Å²) in [6.07, 6.45) is 0. The van der Waals surface area contributed by atoms with Crippen LogP contribution in [0.25, 0.3) is 0 Å². The molecule has 7 nitrogen and oxygen atoms in total. The van der Waals surface area contributed by atoms with Gasteiger partial charge in [-0.3, -0.25) is 8.42 Å². The first-order valence-corrected chi connectivity index (χ1v) is 3.55. The van der Waals surface area contributed by atoms with Crippen LogP contribution in [0, 0.1) is 0 Å². The maximum Gasteiger partial charge on any atom is 3.00 e. The molecule has 0 heterocycles. The molecule has 0 aliphatic rings. The molecule has 0 aromatic carbocycles. The minimum absolute atomic E-state index is 0. The Balaban J connectivity index is -0.0000000910. The third-order valence-corrected chi connectivity index (χ3v) is 0. The summed E-state index contributed by atoms with van der Waals surface area (Å²) in [5.74, 6) is 0. The fourth-order valence-electron chi connectivity index (χ4n) is 0. The van der Waals surface area contributed by atoms with Crippen molar-refractivity contribution in [3.8, 4) is 0 Å². The smallest absolute Gasteiger partial charge is 0.759 e. The molecule has 0 unspecified atom stereocenters. The van der Waals surface area contributed by atoms with Crippen LogP contribution < -0.4 is 0 Å². The summed E-state index contributed by atoms with van der Waals surface area (Å²) >= 11 is 0. The first kappa shape index (κ1) is 16.7. The van der Waals surface area contributed by atoms with Gasteiger partial charge in [0, 0.05) is 21.4 Å². The Morgan fingerprint density at radius 1 is 1.20 bits per heavy atom. The van der Waals surface area contributed by atoms with E-state index in [0.717, 1.165) is 0 Å². The molecular weight excluding hydrogens is 203 g/mol. The van der Waals surface area contributed by atoms with E-state index in [4.69, 9.17) is 30.5 Å². The van der Waals surface area contributed by atoms with Gasteiger partial charge in [-0.2, -0.15) is 0 Å². The monoisotopic (exact) mass is 204 g/mol. The van der Waals surface area contributed by atoms with E-state index in [1.165, 1.54) is 0 Å². The Kier molecular flexibility index (Phi) is 12.4. The van der Waals surface area contributed by atoms with Crippen LogP contribution in [0.2, 0.25) is 0 Å². The normalized spacial score (nSPS) is 9.20. The van der Waals surface area contributed by atoms with Crippen molar-refractivity contribution in [1.29, 1.82) is 0 Å². The summed E-state index contributed by atoms with van der Waals surface area (Å²) in [6, 6.07) is 0. The molecule has 0 aliphatic carbocycles. The zero-order valence-electron chi connectivity index (χ0n) is 4.29. The Hall–Kier alpha value is 0.312. The van der Waals surface area contributed by atoms with Gasteiger partial charge in [0.25, 0.3) is 0 Å². The summed E-state index contributed by atoms with van der Waals surface area (Å²) in [4.78, 5) is 0. The van der Waals surface area contributed by atoms with Gasteiger partial charge in [0.05, 0.1) is 0 Å². The third kappa shape index (κ3) is 4550. The minimum Gasteiger partial charge on any atom is -0.759 e. The molecule has 0 bridgehead atoms. The molecule has 0 amide bonds. The number of rotatable bonds is 0. The van der Waals surface area contributed by atoms with E-state index in [1.54, 1.807) is 0 Å². The zero-order valence-corrected chi connectivity index (χ0v) is 7.08. The fourth-order valence-corrected chi connectivity index (χ4v) is 0. The average molecular weight is 204 g/mol. The molecule has 0 radical (unpaired) electrons. The van der Waals surface area contributed by atoms with E-state index in [-0.39, 0.29) is 17.4 Å². The topological polar surface area (TPSA) is 135 Å². The molecule has 0 atom stereocenters. The average Bonchev–Trinajstić information content (AvgIpc) is 1.19. The van der Waals surface area contributed by atoms with Gasteiger partial charge in [-0.05, 0) is 0 Å². The number of hydrogen-bond donors (Lipinski definition) is 1. The van der Waals surface area contributed by atoms with Gasteiger partial charge in [0.2, 0.25) is 0 Å². The van der Waals surface area contributed by atoms with Gasteiger partial charge in [-0.25, -0.2) is 0 Å². The molecular formula is HAlO7S2. The molecule has 1 N–H and O–H groups in total. The van der Waals surface area contributed by atoms with Crippen LogP contribution in [-0.2, 0) is 29.8 Å². The van der Waals surface area contributed by atoms with E-state index >= 15 is 0 Å². The molecule has 10 heavy (non-hydrogen) atoms. The Morgan fingerprint density at radius 3 is 1.20 bits per heavy atom. The Morgan fingerprint density at radius 2 is 1.20 bits per heavy atom. The van der Waals surface area contributed by atoms with Crippen molar-refractivity contribution in [3.05, 3.63) is 0 Å². The van der Waals surface area contributed by atoms with Gasteiger partial charge in [-0.1, -0.05) is 0 Å². The van der Waals surface area contributed by atoms with Crippen LogP contribution in [0.1, 0.15) is 0 Å². The molecule has 0 spiro atoms. The predicted octanol–water partition coefficient (Wildman–Crippen LogP) is -1.95. The fraction of sp³-hybridized carbons (Fsp3) is 0. The second kappa shape index (κ2) is 7.42. The van der Waals surface area contributed by atoms with E-state index in [9.17, 15) is 0 Å². The summed E-state index contributed by atoms with van der Waals surface area (Å²) in [5.41, 5.74) is 0. The predicted molar refractivity (Wildman–Crippen MR) is 27.6 cm³/mol. The zero-order chi connectivity index (χ0) is 8.08. The van der Waals surface area contributed by atoms with Gasteiger partial charge in [-0.15, -0.1) is 0 Å². The maximum absolute atomic E-state index is 8.56. The van der Waals surface area contributed by atoms with Crippen molar-refractivity contribution in [1.82, 2.24) is 0 Å². The first-order valence-electron chi connectivity index (χ1n) is 1.18. The van der Waals surface area contributed by atoms with Crippen LogP contribution in [0.15, 0.2) is 0 Å². The summed E-state index contributed by atoms with van der Waals surface area (Å²) in [7, 11) is -8.03. The van der Waals surface area contributed by atoms with Crippen LogP contribution in [0.3, 0.4) is 0 Å². The van der Waals surface area contributed by atoms with E-state index in [2.05, 4.69) is 0 Å². The van der Waals surface area contributed by atoms with Crippen LogP contribution >= 0.6 is 0 Å². The van der Waals surface area contributed by atoms with Crippen molar-refractivity contribution >= 4 is 38.7 Å². The van der Waals surface area contributed by atoms with Gasteiger partial charge >= 0.3 is 17.4 Å². The van der Waals surface area contributed by atoms with Crippen LogP contribution in [0.5, 0.6) is 0 Å². The third-order valence-electron chi connectivity index (χ3n) is 0. The van der Waals surface area contributed by atoms with Gasteiger partial charge in [0.15, 0.2) is 0 Å². The first-order chi connectivity index (χ1) is 3.73. The SMILES string of the molecule is O=S(=O)([O-])[O-].O=[S-](=O)O.[Al+3]. The van der Waals surface area contributed by atoms with Crippen molar-refractivity contribution in [2.45, 2.75) is 0 Å². The molecule has 58 valence electrons. The molecule has 0 saturated carbocycles. The van der Waals surface area contributed by atoms with Crippen molar-refractivity contribution in [3.63, 3.8) is 0 Å². The molecule has 10 heteroatoms. The molecule has 0 fully saturated rings. The van der Waals surface area contributed by atoms with Crippen LogP contribution in [-0.4, -0.2) is 39.4 Å². The van der Waals surface area contributed by atoms with E-state index in [1.807, 2.05) is 0 Å². The number of hydrogen-bond acceptors (Lipinski definition) is 7. The molecule has 0 aromatic heterocycles. The molecule has 0 saturated heterocycles. The second-order valence-corrected chi connectivity index (χ2v) is 1.88. The summed E-state index contributed by atoms with van der Waals surface area (Å²) in [6.45, 7) is 0. The van der Waals surface area contributed by atoms with Gasteiger partial charge < -0.3 is 22.1 Å². The van der Waals surface area contributed by atoms with E-state index < -0.39 is 21.4 Å².